The highest BCUT2D eigenvalue weighted by Gasteiger charge is 2.28. The second-order valence-corrected chi connectivity index (χ2v) is 9.23. The molecule has 3 rings (SSSR count). The lowest BCUT2D eigenvalue weighted by Gasteiger charge is -2.12. The van der Waals surface area contributed by atoms with Crippen molar-refractivity contribution in [3.8, 4) is 0 Å². The van der Waals surface area contributed by atoms with Crippen LogP contribution in [0.15, 0.2) is 34.5 Å². The zero-order chi connectivity index (χ0) is 16.6. The first-order chi connectivity index (χ1) is 10.9. The van der Waals surface area contributed by atoms with Crippen LogP contribution in [-0.2, 0) is 9.84 Å². The molecule has 1 amide bonds. The fraction of sp³-hybridized carbons (Fsp3) is 0.375. The van der Waals surface area contributed by atoms with E-state index in [0.717, 1.165) is 18.5 Å². The molecule has 1 fully saturated rings. The molecule has 0 unspecified atom stereocenters. The van der Waals surface area contributed by atoms with E-state index in [9.17, 15) is 13.2 Å². The number of hydrogen-bond acceptors (Lipinski definition) is 5. The van der Waals surface area contributed by atoms with E-state index in [0.29, 0.717) is 11.0 Å². The Kier molecular flexibility index (Phi) is 4.25. The zero-order valence-corrected chi connectivity index (χ0v) is 14.6. The van der Waals surface area contributed by atoms with Crippen LogP contribution in [0.1, 0.15) is 48.7 Å². The minimum Gasteiger partial charge on any atom is -0.298 e. The minimum atomic E-state index is -3.52. The van der Waals surface area contributed by atoms with E-state index in [1.165, 1.54) is 23.5 Å². The number of rotatable bonds is 5. The Hall–Kier alpha value is -1.73. The predicted molar refractivity (Wildman–Crippen MR) is 90.8 cm³/mol. The molecule has 1 heterocycles. The van der Waals surface area contributed by atoms with Crippen molar-refractivity contribution in [2.45, 2.75) is 42.8 Å². The lowest BCUT2D eigenvalue weighted by Crippen LogP contribution is -2.20. The Morgan fingerprint density at radius 1 is 1.30 bits per heavy atom. The molecule has 0 atom stereocenters. The topological polar surface area (TPSA) is 76.1 Å². The van der Waals surface area contributed by atoms with E-state index in [2.05, 4.69) is 10.3 Å². The second-order valence-electron chi connectivity index (χ2n) is 5.90. The lowest BCUT2D eigenvalue weighted by atomic mass is 10.2. The summed E-state index contributed by atoms with van der Waals surface area (Å²) in [5, 5.41) is 4.59. The van der Waals surface area contributed by atoms with E-state index in [-0.39, 0.29) is 10.5 Å². The highest BCUT2D eigenvalue weighted by Crippen LogP contribution is 2.40. The van der Waals surface area contributed by atoms with E-state index in [1.807, 2.05) is 5.38 Å². The lowest BCUT2D eigenvalue weighted by molar-refractivity contribution is 0.102. The smallest absolute Gasteiger partial charge is 0.258 e. The number of aromatic nitrogens is 1. The van der Waals surface area contributed by atoms with Gasteiger partial charge in [-0.3, -0.25) is 10.1 Å². The van der Waals surface area contributed by atoms with Crippen molar-refractivity contribution in [3.05, 3.63) is 40.9 Å². The van der Waals surface area contributed by atoms with Crippen LogP contribution in [0.4, 0.5) is 5.13 Å². The van der Waals surface area contributed by atoms with Gasteiger partial charge in [-0.25, -0.2) is 13.4 Å². The molecule has 0 spiro atoms. The molecule has 0 aliphatic heterocycles. The Labute approximate surface area is 139 Å². The van der Waals surface area contributed by atoms with Gasteiger partial charge in [0.05, 0.1) is 21.4 Å². The van der Waals surface area contributed by atoms with Crippen molar-refractivity contribution >= 4 is 32.2 Å². The molecule has 0 bridgehead atoms. The molecule has 23 heavy (non-hydrogen) atoms. The van der Waals surface area contributed by atoms with Gasteiger partial charge >= 0.3 is 0 Å². The molecule has 0 radical (unpaired) electrons. The van der Waals surface area contributed by atoms with Crippen molar-refractivity contribution in [3.63, 3.8) is 0 Å². The molecular formula is C16H18N2O3S2. The molecule has 1 aliphatic carbocycles. The largest absolute Gasteiger partial charge is 0.298 e. The predicted octanol–water partition coefficient (Wildman–Crippen LogP) is 3.45. The van der Waals surface area contributed by atoms with E-state index in [4.69, 9.17) is 0 Å². The van der Waals surface area contributed by atoms with Crippen LogP contribution in [0.25, 0.3) is 0 Å². The summed E-state index contributed by atoms with van der Waals surface area (Å²) in [6.45, 7) is 3.21. The molecule has 1 aromatic carbocycles. The third-order valence-electron chi connectivity index (χ3n) is 3.80. The fourth-order valence-electron chi connectivity index (χ4n) is 2.23. The van der Waals surface area contributed by atoms with Crippen LogP contribution >= 0.6 is 11.3 Å². The zero-order valence-electron chi connectivity index (χ0n) is 12.9. The Bertz CT molecular complexity index is 837. The van der Waals surface area contributed by atoms with Gasteiger partial charge in [0.15, 0.2) is 15.0 Å². The molecule has 1 saturated carbocycles. The summed E-state index contributed by atoms with van der Waals surface area (Å²) in [4.78, 5) is 17.0. The number of nitrogens with zero attached hydrogens (tertiary/aromatic N) is 1. The van der Waals surface area contributed by atoms with Gasteiger partial charge in [0.2, 0.25) is 0 Å². The fourth-order valence-corrected chi connectivity index (χ4v) is 4.26. The van der Waals surface area contributed by atoms with Gasteiger partial charge < -0.3 is 0 Å². The monoisotopic (exact) mass is 350 g/mol. The van der Waals surface area contributed by atoms with Crippen molar-refractivity contribution in [2.75, 3.05) is 5.32 Å². The molecule has 122 valence electrons. The van der Waals surface area contributed by atoms with Crippen LogP contribution in [0.3, 0.4) is 0 Å². The number of thiazole rings is 1. The number of hydrogen-bond donors (Lipinski definition) is 1. The highest BCUT2D eigenvalue weighted by atomic mass is 32.2. The molecule has 1 aliphatic rings. The van der Waals surface area contributed by atoms with Gasteiger partial charge in [-0.2, -0.15) is 0 Å². The number of amides is 1. The van der Waals surface area contributed by atoms with Gasteiger partial charge in [-0.15, -0.1) is 11.3 Å². The SMILES string of the molecule is CC(C)S(=O)(=O)c1ccccc1C(=O)Nc1nc(C2CC2)cs1. The first-order valence-electron chi connectivity index (χ1n) is 7.49. The summed E-state index contributed by atoms with van der Waals surface area (Å²) < 4.78 is 24.8. The molecular weight excluding hydrogens is 332 g/mol. The van der Waals surface area contributed by atoms with Crippen molar-refractivity contribution in [2.24, 2.45) is 0 Å². The summed E-state index contributed by atoms with van der Waals surface area (Å²) in [5.74, 6) is 0.0760. The molecule has 1 N–H and O–H groups in total. The maximum atomic E-state index is 12.5. The first-order valence-corrected chi connectivity index (χ1v) is 9.92. The molecule has 2 aromatic rings. The number of sulfone groups is 1. The Morgan fingerprint density at radius 2 is 2.00 bits per heavy atom. The molecule has 1 aromatic heterocycles. The number of anilines is 1. The van der Waals surface area contributed by atoms with Crippen LogP contribution in [-0.4, -0.2) is 24.6 Å². The summed E-state index contributed by atoms with van der Waals surface area (Å²) >= 11 is 1.37. The number of nitrogens with one attached hydrogen (secondary N) is 1. The average molecular weight is 350 g/mol. The van der Waals surface area contributed by atoms with Crippen LogP contribution in [0.5, 0.6) is 0 Å². The van der Waals surface area contributed by atoms with Crippen LogP contribution < -0.4 is 5.32 Å². The standard InChI is InChI=1S/C16H18N2O3S2/c1-10(2)23(20,21)14-6-4-3-5-12(14)15(19)18-16-17-13(9-22-16)11-7-8-11/h3-6,9-11H,7-8H2,1-2H3,(H,17,18,19). The third-order valence-corrected chi connectivity index (χ3v) is 6.78. The van der Waals surface area contributed by atoms with Gasteiger partial charge in [0.25, 0.3) is 5.91 Å². The summed E-state index contributed by atoms with van der Waals surface area (Å²) in [7, 11) is -3.52. The molecule has 7 heteroatoms. The minimum absolute atomic E-state index is 0.0615. The van der Waals surface area contributed by atoms with Crippen molar-refractivity contribution in [1.29, 1.82) is 0 Å². The van der Waals surface area contributed by atoms with E-state index >= 15 is 0 Å². The number of carbonyl (C=O) groups excluding carboxylic acids is 1. The van der Waals surface area contributed by atoms with Crippen LogP contribution in [0, 0.1) is 0 Å². The Morgan fingerprint density at radius 3 is 2.65 bits per heavy atom. The Balaban J connectivity index is 1.87. The number of carbonyl (C=O) groups is 1. The van der Waals surface area contributed by atoms with Gasteiger partial charge in [0, 0.05) is 11.3 Å². The van der Waals surface area contributed by atoms with Gasteiger partial charge in [-0.1, -0.05) is 12.1 Å². The van der Waals surface area contributed by atoms with Crippen molar-refractivity contribution in [1.82, 2.24) is 4.98 Å². The summed E-state index contributed by atoms with van der Waals surface area (Å²) in [5.41, 5.74) is 1.16. The molecule has 0 saturated heterocycles. The third kappa shape index (κ3) is 3.30. The summed E-state index contributed by atoms with van der Waals surface area (Å²) in [6.07, 6.45) is 2.29. The second kappa shape index (κ2) is 6.05. The molecule has 5 nitrogen and oxygen atoms in total. The quantitative estimate of drug-likeness (QED) is 0.896. The van der Waals surface area contributed by atoms with Gasteiger partial charge in [0.1, 0.15) is 0 Å². The maximum Gasteiger partial charge on any atom is 0.258 e. The maximum absolute atomic E-state index is 12.5. The summed E-state index contributed by atoms with van der Waals surface area (Å²) in [6, 6.07) is 6.29. The highest BCUT2D eigenvalue weighted by molar-refractivity contribution is 7.92. The van der Waals surface area contributed by atoms with Crippen LogP contribution in [0.2, 0.25) is 0 Å². The number of benzene rings is 1. The van der Waals surface area contributed by atoms with E-state index in [1.54, 1.807) is 26.0 Å². The normalized spacial score (nSPS) is 14.9. The van der Waals surface area contributed by atoms with E-state index < -0.39 is 21.0 Å². The first kappa shape index (κ1) is 16.1. The average Bonchev–Trinajstić information content (AvgIpc) is 3.27. The van der Waals surface area contributed by atoms with Crippen molar-refractivity contribution < 1.29 is 13.2 Å². The van der Waals surface area contributed by atoms with Gasteiger partial charge in [-0.05, 0) is 38.8 Å².